The van der Waals surface area contributed by atoms with Gasteiger partial charge in [0.2, 0.25) is 0 Å². The third kappa shape index (κ3) is 3.33. The molecule has 1 unspecified atom stereocenters. The first kappa shape index (κ1) is 16.2. The highest BCUT2D eigenvalue weighted by Gasteiger charge is 2.24. The molecule has 4 nitrogen and oxygen atoms in total. The average molecular weight is 321 g/mol. The Morgan fingerprint density at radius 1 is 1.36 bits per heavy atom. The largest absolute Gasteiger partial charge is 0.479 e. The molecular weight excluding hydrogens is 305 g/mol. The summed E-state index contributed by atoms with van der Waals surface area (Å²) in [5.41, 5.74) is 1.56. The molecule has 0 saturated heterocycles. The van der Waals surface area contributed by atoms with Crippen LogP contribution in [-0.4, -0.2) is 17.0 Å². The number of benzene rings is 1. The number of carboxylic acid groups (broad SMARTS) is 1. The van der Waals surface area contributed by atoms with Gasteiger partial charge in [-0.3, -0.25) is 4.79 Å². The Labute approximate surface area is 131 Å². The minimum atomic E-state index is -1.21. The number of amides is 1. The van der Waals surface area contributed by atoms with Crippen molar-refractivity contribution in [1.82, 2.24) is 5.32 Å². The van der Waals surface area contributed by atoms with Crippen molar-refractivity contribution in [1.29, 1.82) is 0 Å². The summed E-state index contributed by atoms with van der Waals surface area (Å²) in [6.45, 7) is 3.48. The Bertz CT molecular complexity index is 711. The summed E-state index contributed by atoms with van der Waals surface area (Å²) < 4.78 is 13.3. The fourth-order valence-electron chi connectivity index (χ4n) is 2.15. The van der Waals surface area contributed by atoms with Crippen LogP contribution in [0.2, 0.25) is 0 Å². The van der Waals surface area contributed by atoms with Crippen molar-refractivity contribution in [2.75, 3.05) is 0 Å². The SMILES string of the molecule is CCc1ccsc1C(=O)NC(C(=O)O)c1ccc(F)c(C)c1. The van der Waals surface area contributed by atoms with Crippen LogP contribution in [0.25, 0.3) is 0 Å². The minimum Gasteiger partial charge on any atom is -0.479 e. The van der Waals surface area contributed by atoms with E-state index in [9.17, 15) is 19.1 Å². The van der Waals surface area contributed by atoms with E-state index in [-0.39, 0.29) is 0 Å². The fraction of sp³-hybridized carbons (Fsp3) is 0.250. The van der Waals surface area contributed by atoms with Gasteiger partial charge < -0.3 is 10.4 Å². The van der Waals surface area contributed by atoms with Crippen molar-refractivity contribution in [3.63, 3.8) is 0 Å². The Hall–Kier alpha value is -2.21. The van der Waals surface area contributed by atoms with E-state index < -0.39 is 23.7 Å². The summed E-state index contributed by atoms with van der Waals surface area (Å²) in [5, 5.41) is 13.7. The van der Waals surface area contributed by atoms with Gasteiger partial charge in [0.15, 0.2) is 6.04 Å². The molecule has 0 spiro atoms. The summed E-state index contributed by atoms with van der Waals surface area (Å²) in [5.74, 6) is -2.03. The van der Waals surface area contributed by atoms with Crippen LogP contribution in [0.3, 0.4) is 0 Å². The molecule has 0 aliphatic heterocycles. The molecular formula is C16H16FNO3S. The van der Waals surface area contributed by atoms with E-state index in [4.69, 9.17) is 0 Å². The van der Waals surface area contributed by atoms with Gasteiger partial charge in [-0.05, 0) is 47.5 Å². The van der Waals surface area contributed by atoms with Gasteiger partial charge in [0.1, 0.15) is 5.82 Å². The molecule has 1 aromatic heterocycles. The van der Waals surface area contributed by atoms with Crippen molar-refractivity contribution in [3.05, 3.63) is 57.0 Å². The van der Waals surface area contributed by atoms with Gasteiger partial charge in [0, 0.05) is 0 Å². The lowest BCUT2D eigenvalue weighted by Gasteiger charge is -2.15. The van der Waals surface area contributed by atoms with Crippen LogP contribution in [0.5, 0.6) is 0 Å². The molecule has 0 aliphatic rings. The van der Waals surface area contributed by atoms with Gasteiger partial charge in [-0.15, -0.1) is 11.3 Å². The molecule has 0 radical (unpaired) electrons. The molecule has 1 amide bonds. The lowest BCUT2D eigenvalue weighted by atomic mass is 10.0. The normalized spacial score (nSPS) is 12.0. The van der Waals surface area contributed by atoms with E-state index in [0.717, 1.165) is 5.56 Å². The number of carbonyl (C=O) groups excluding carboxylic acids is 1. The number of carbonyl (C=O) groups is 2. The maximum absolute atomic E-state index is 13.3. The number of rotatable bonds is 5. The molecule has 1 heterocycles. The summed E-state index contributed by atoms with van der Waals surface area (Å²) >= 11 is 1.27. The van der Waals surface area contributed by atoms with Crippen LogP contribution < -0.4 is 5.32 Å². The summed E-state index contributed by atoms with van der Waals surface area (Å²) in [7, 11) is 0. The first-order valence-corrected chi connectivity index (χ1v) is 7.68. The van der Waals surface area contributed by atoms with Gasteiger partial charge in [-0.1, -0.05) is 19.1 Å². The van der Waals surface area contributed by atoms with E-state index in [2.05, 4.69) is 5.32 Å². The van der Waals surface area contributed by atoms with Crippen molar-refractivity contribution in [3.8, 4) is 0 Å². The van der Waals surface area contributed by atoms with Crippen molar-refractivity contribution in [2.45, 2.75) is 26.3 Å². The van der Waals surface area contributed by atoms with Crippen LogP contribution in [0.1, 0.15) is 39.3 Å². The van der Waals surface area contributed by atoms with Gasteiger partial charge in [-0.2, -0.15) is 0 Å². The lowest BCUT2D eigenvalue weighted by molar-refractivity contribution is -0.139. The molecule has 0 aliphatic carbocycles. The molecule has 0 saturated carbocycles. The summed E-state index contributed by atoms with van der Waals surface area (Å²) in [6, 6.07) is 4.64. The Balaban J connectivity index is 2.27. The fourth-order valence-corrected chi connectivity index (χ4v) is 3.04. The van der Waals surface area contributed by atoms with Crippen LogP contribution in [-0.2, 0) is 11.2 Å². The predicted octanol–water partition coefficient (Wildman–Crippen LogP) is 3.31. The highest BCUT2D eigenvalue weighted by Crippen LogP contribution is 2.21. The molecule has 116 valence electrons. The molecule has 1 atom stereocenters. The zero-order valence-electron chi connectivity index (χ0n) is 12.2. The summed E-state index contributed by atoms with van der Waals surface area (Å²) in [6.07, 6.45) is 0.694. The van der Waals surface area contributed by atoms with Gasteiger partial charge in [-0.25, -0.2) is 9.18 Å². The molecule has 0 bridgehead atoms. The van der Waals surface area contributed by atoms with Gasteiger partial charge in [0.05, 0.1) is 4.88 Å². The number of hydrogen-bond acceptors (Lipinski definition) is 3. The van der Waals surface area contributed by atoms with E-state index in [1.807, 2.05) is 13.0 Å². The van der Waals surface area contributed by atoms with Crippen molar-refractivity contribution >= 4 is 23.2 Å². The van der Waals surface area contributed by atoms with E-state index >= 15 is 0 Å². The number of nitrogens with one attached hydrogen (secondary N) is 1. The highest BCUT2D eigenvalue weighted by atomic mass is 32.1. The quantitative estimate of drug-likeness (QED) is 0.888. The van der Waals surface area contributed by atoms with Crippen LogP contribution >= 0.6 is 11.3 Å². The molecule has 2 aromatic rings. The highest BCUT2D eigenvalue weighted by molar-refractivity contribution is 7.12. The molecule has 1 aromatic carbocycles. The van der Waals surface area contributed by atoms with Crippen molar-refractivity contribution in [2.24, 2.45) is 0 Å². The van der Waals surface area contributed by atoms with E-state index in [1.165, 1.54) is 29.5 Å². The third-order valence-corrected chi connectivity index (χ3v) is 4.33. The maximum atomic E-state index is 13.3. The standard InChI is InChI=1S/C16H16FNO3S/c1-3-10-6-7-22-14(10)15(19)18-13(16(20)21)11-4-5-12(17)9(2)8-11/h4-8,13H,3H2,1-2H3,(H,18,19)(H,20,21). The Morgan fingerprint density at radius 3 is 2.68 bits per heavy atom. The van der Waals surface area contributed by atoms with E-state index in [1.54, 1.807) is 12.3 Å². The second kappa shape index (κ2) is 6.70. The zero-order valence-corrected chi connectivity index (χ0v) is 13.0. The first-order chi connectivity index (χ1) is 10.4. The number of halogens is 1. The number of thiophene rings is 1. The molecule has 0 fully saturated rings. The molecule has 2 N–H and O–H groups in total. The minimum absolute atomic E-state index is 0.336. The number of carboxylic acids is 1. The smallest absolute Gasteiger partial charge is 0.330 e. The second-order valence-corrected chi connectivity index (χ2v) is 5.80. The Kier molecular flexibility index (Phi) is 4.92. The molecule has 2 rings (SSSR count). The van der Waals surface area contributed by atoms with Gasteiger partial charge in [0.25, 0.3) is 5.91 Å². The summed E-state index contributed by atoms with van der Waals surface area (Å²) in [4.78, 5) is 24.2. The van der Waals surface area contributed by atoms with Crippen LogP contribution in [0.4, 0.5) is 4.39 Å². The monoisotopic (exact) mass is 321 g/mol. The van der Waals surface area contributed by atoms with Crippen molar-refractivity contribution < 1.29 is 19.1 Å². The number of aliphatic carboxylic acids is 1. The Morgan fingerprint density at radius 2 is 2.09 bits per heavy atom. The average Bonchev–Trinajstić information content (AvgIpc) is 2.96. The van der Waals surface area contributed by atoms with Gasteiger partial charge >= 0.3 is 5.97 Å². The number of aryl methyl sites for hydroxylation is 2. The number of hydrogen-bond donors (Lipinski definition) is 2. The van der Waals surface area contributed by atoms with Crippen LogP contribution in [0.15, 0.2) is 29.6 Å². The maximum Gasteiger partial charge on any atom is 0.330 e. The first-order valence-electron chi connectivity index (χ1n) is 6.80. The molecule has 6 heteroatoms. The third-order valence-electron chi connectivity index (χ3n) is 3.37. The second-order valence-electron chi connectivity index (χ2n) is 4.88. The topological polar surface area (TPSA) is 66.4 Å². The van der Waals surface area contributed by atoms with Crippen LogP contribution in [0, 0.1) is 12.7 Å². The lowest BCUT2D eigenvalue weighted by Crippen LogP contribution is -2.33. The van der Waals surface area contributed by atoms with E-state index in [0.29, 0.717) is 22.4 Å². The zero-order chi connectivity index (χ0) is 16.3. The molecule has 22 heavy (non-hydrogen) atoms. The predicted molar refractivity (Wildman–Crippen MR) is 82.7 cm³/mol.